The van der Waals surface area contributed by atoms with Crippen LogP contribution in [0.3, 0.4) is 0 Å². The SMILES string of the molecule is Cc1ccc2nc(N)n(Cc3ccccc3Br)c2n1. The van der Waals surface area contributed by atoms with Crippen molar-refractivity contribution in [3.05, 3.63) is 52.1 Å². The molecule has 0 bridgehead atoms. The van der Waals surface area contributed by atoms with Crippen LogP contribution < -0.4 is 5.73 Å². The first-order valence-electron chi connectivity index (χ1n) is 5.98. The van der Waals surface area contributed by atoms with Gasteiger partial charge in [-0.15, -0.1) is 0 Å². The highest BCUT2D eigenvalue weighted by molar-refractivity contribution is 9.10. The van der Waals surface area contributed by atoms with Crippen LogP contribution in [0.1, 0.15) is 11.3 Å². The zero-order valence-electron chi connectivity index (χ0n) is 10.5. The lowest BCUT2D eigenvalue weighted by Crippen LogP contribution is -2.06. The van der Waals surface area contributed by atoms with Crippen molar-refractivity contribution in [1.29, 1.82) is 0 Å². The van der Waals surface area contributed by atoms with Gasteiger partial charge in [0.1, 0.15) is 5.52 Å². The Balaban J connectivity index is 2.12. The molecular weight excluding hydrogens is 304 g/mol. The predicted molar refractivity (Wildman–Crippen MR) is 79.9 cm³/mol. The van der Waals surface area contributed by atoms with Gasteiger partial charge >= 0.3 is 0 Å². The van der Waals surface area contributed by atoms with E-state index < -0.39 is 0 Å². The van der Waals surface area contributed by atoms with Crippen LogP contribution in [0.4, 0.5) is 5.95 Å². The van der Waals surface area contributed by atoms with E-state index in [1.54, 1.807) is 0 Å². The fraction of sp³-hybridized carbons (Fsp3) is 0.143. The van der Waals surface area contributed by atoms with Crippen LogP contribution >= 0.6 is 15.9 Å². The Bertz CT molecular complexity index is 748. The van der Waals surface area contributed by atoms with Crippen molar-refractivity contribution in [3.63, 3.8) is 0 Å². The molecule has 4 nitrogen and oxygen atoms in total. The third kappa shape index (κ3) is 2.21. The molecular formula is C14H13BrN4. The van der Waals surface area contributed by atoms with Crippen molar-refractivity contribution in [3.8, 4) is 0 Å². The zero-order chi connectivity index (χ0) is 13.4. The van der Waals surface area contributed by atoms with Crippen LogP contribution in [0, 0.1) is 6.92 Å². The maximum Gasteiger partial charge on any atom is 0.202 e. The van der Waals surface area contributed by atoms with Gasteiger partial charge in [-0.05, 0) is 30.7 Å². The van der Waals surface area contributed by atoms with E-state index >= 15 is 0 Å². The van der Waals surface area contributed by atoms with E-state index in [9.17, 15) is 0 Å². The fourth-order valence-corrected chi connectivity index (χ4v) is 2.48. The highest BCUT2D eigenvalue weighted by atomic mass is 79.9. The van der Waals surface area contributed by atoms with Gasteiger partial charge in [-0.25, -0.2) is 9.97 Å². The Morgan fingerprint density at radius 2 is 1.95 bits per heavy atom. The maximum atomic E-state index is 6.00. The number of anilines is 1. The summed E-state index contributed by atoms with van der Waals surface area (Å²) in [5, 5.41) is 0. The lowest BCUT2D eigenvalue weighted by molar-refractivity contribution is 0.822. The summed E-state index contributed by atoms with van der Waals surface area (Å²) in [6.07, 6.45) is 0. The van der Waals surface area contributed by atoms with Crippen molar-refractivity contribution >= 4 is 33.0 Å². The molecule has 3 aromatic rings. The molecule has 0 amide bonds. The van der Waals surface area contributed by atoms with Gasteiger partial charge in [0.25, 0.3) is 0 Å². The first-order valence-corrected chi connectivity index (χ1v) is 6.77. The Morgan fingerprint density at radius 1 is 1.16 bits per heavy atom. The van der Waals surface area contributed by atoms with Crippen molar-refractivity contribution in [2.45, 2.75) is 13.5 Å². The van der Waals surface area contributed by atoms with E-state index in [2.05, 4.69) is 32.0 Å². The molecule has 0 saturated heterocycles. The number of pyridine rings is 1. The summed E-state index contributed by atoms with van der Waals surface area (Å²) < 4.78 is 2.99. The van der Waals surface area contributed by atoms with E-state index in [1.807, 2.05) is 41.8 Å². The second-order valence-electron chi connectivity index (χ2n) is 4.44. The molecule has 0 radical (unpaired) electrons. The van der Waals surface area contributed by atoms with Crippen molar-refractivity contribution < 1.29 is 0 Å². The van der Waals surface area contributed by atoms with Gasteiger partial charge in [-0.2, -0.15) is 0 Å². The minimum absolute atomic E-state index is 0.490. The summed E-state index contributed by atoms with van der Waals surface area (Å²) in [6, 6.07) is 12.0. The molecule has 0 fully saturated rings. The average Bonchev–Trinajstić information content (AvgIpc) is 2.69. The summed E-state index contributed by atoms with van der Waals surface area (Å²) in [6.45, 7) is 2.62. The topological polar surface area (TPSA) is 56.7 Å². The van der Waals surface area contributed by atoms with E-state index in [-0.39, 0.29) is 0 Å². The van der Waals surface area contributed by atoms with E-state index in [1.165, 1.54) is 0 Å². The number of halogens is 1. The van der Waals surface area contributed by atoms with Crippen LogP contribution in [0.15, 0.2) is 40.9 Å². The maximum absolute atomic E-state index is 6.00. The number of fused-ring (bicyclic) bond motifs is 1. The number of nitrogen functional groups attached to an aromatic ring is 1. The number of aryl methyl sites for hydroxylation is 1. The highest BCUT2D eigenvalue weighted by Gasteiger charge is 2.11. The normalized spacial score (nSPS) is 11.1. The van der Waals surface area contributed by atoms with E-state index in [0.29, 0.717) is 12.5 Å². The summed E-state index contributed by atoms with van der Waals surface area (Å²) in [5.74, 6) is 0.490. The van der Waals surface area contributed by atoms with Gasteiger partial charge < -0.3 is 5.73 Å². The fourth-order valence-electron chi connectivity index (χ4n) is 2.07. The number of rotatable bonds is 2. The molecule has 2 aromatic heterocycles. The van der Waals surface area contributed by atoms with Crippen LogP contribution in [-0.2, 0) is 6.54 Å². The predicted octanol–water partition coefficient (Wildman–Crippen LogP) is 3.13. The standard InChI is InChI=1S/C14H13BrN4/c1-9-6-7-12-13(17-9)19(14(16)18-12)8-10-4-2-3-5-11(10)15/h2-7H,8H2,1H3,(H2,16,18). The molecule has 1 aromatic carbocycles. The molecule has 2 N–H and O–H groups in total. The van der Waals surface area contributed by atoms with Crippen LogP contribution in [0.5, 0.6) is 0 Å². The van der Waals surface area contributed by atoms with Gasteiger partial charge in [0, 0.05) is 10.2 Å². The Labute approximate surface area is 119 Å². The lowest BCUT2D eigenvalue weighted by Gasteiger charge is -2.08. The van der Waals surface area contributed by atoms with Crippen LogP contribution in [0.25, 0.3) is 11.2 Å². The van der Waals surface area contributed by atoms with Gasteiger partial charge in [0.2, 0.25) is 5.95 Å². The summed E-state index contributed by atoms with van der Waals surface area (Å²) in [5.41, 5.74) is 9.76. The zero-order valence-corrected chi connectivity index (χ0v) is 12.1. The first-order chi connectivity index (χ1) is 9.15. The monoisotopic (exact) mass is 316 g/mol. The number of nitrogens with zero attached hydrogens (tertiary/aromatic N) is 3. The van der Waals surface area contributed by atoms with Gasteiger partial charge in [0.05, 0.1) is 6.54 Å². The summed E-state index contributed by atoms with van der Waals surface area (Å²) >= 11 is 3.55. The van der Waals surface area contributed by atoms with Crippen molar-refractivity contribution in [2.24, 2.45) is 0 Å². The number of imidazole rings is 1. The summed E-state index contributed by atoms with van der Waals surface area (Å²) in [7, 11) is 0. The minimum Gasteiger partial charge on any atom is -0.369 e. The third-order valence-electron chi connectivity index (χ3n) is 3.05. The largest absolute Gasteiger partial charge is 0.369 e. The van der Waals surface area contributed by atoms with Gasteiger partial charge in [-0.1, -0.05) is 34.1 Å². The average molecular weight is 317 g/mol. The van der Waals surface area contributed by atoms with E-state index in [4.69, 9.17) is 5.73 Å². The Kier molecular flexibility index (Phi) is 2.98. The smallest absolute Gasteiger partial charge is 0.202 e. The number of hydrogen-bond acceptors (Lipinski definition) is 3. The molecule has 0 unspecified atom stereocenters. The molecule has 2 heterocycles. The molecule has 0 aliphatic heterocycles. The molecule has 96 valence electrons. The molecule has 0 atom stereocenters. The Morgan fingerprint density at radius 3 is 2.74 bits per heavy atom. The molecule has 0 spiro atoms. The van der Waals surface area contributed by atoms with Crippen molar-refractivity contribution in [2.75, 3.05) is 5.73 Å². The quantitative estimate of drug-likeness (QED) is 0.790. The minimum atomic E-state index is 0.490. The van der Waals surface area contributed by atoms with E-state index in [0.717, 1.165) is 26.9 Å². The molecule has 19 heavy (non-hydrogen) atoms. The second kappa shape index (κ2) is 4.66. The molecule has 0 aliphatic carbocycles. The third-order valence-corrected chi connectivity index (χ3v) is 3.82. The van der Waals surface area contributed by atoms with Gasteiger partial charge in [-0.3, -0.25) is 4.57 Å². The van der Waals surface area contributed by atoms with Crippen LogP contribution in [-0.4, -0.2) is 14.5 Å². The molecule has 3 rings (SSSR count). The number of aromatic nitrogens is 3. The highest BCUT2D eigenvalue weighted by Crippen LogP contribution is 2.22. The van der Waals surface area contributed by atoms with Crippen molar-refractivity contribution in [1.82, 2.24) is 14.5 Å². The number of nitrogens with two attached hydrogens (primary N) is 1. The Hall–Kier alpha value is -1.88. The second-order valence-corrected chi connectivity index (χ2v) is 5.30. The summed E-state index contributed by atoms with van der Waals surface area (Å²) in [4.78, 5) is 8.87. The first kappa shape index (κ1) is 12.2. The molecule has 0 saturated carbocycles. The van der Waals surface area contributed by atoms with Crippen LogP contribution in [0.2, 0.25) is 0 Å². The van der Waals surface area contributed by atoms with Gasteiger partial charge in [0.15, 0.2) is 5.65 Å². The molecule has 0 aliphatic rings. The molecule has 5 heteroatoms. The number of benzene rings is 1. The number of hydrogen-bond donors (Lipinski definition) is 1. The lowest BCUT2D eigenvalue weighted by atomic mass is 10.2.